The van der Waals surface area contributed by atoms with Crippen molar-refractivity contribution in [2.75, 3.05) is 27.2 Å². The molecule has 0 saturated heterocycles. The molecular weight excluding hydrogens is 274 g/mol. The highest BCUT2D eigenvalue weighted by molar-refractivity contribution is 7.90. The van der Waals surface area contributed by atoms with Crippen molar-refractivity contribution in [3.8, 4) is 0 Å². The van der Waals surface area contributed by atoms with Gasteiger partial charge >= 0.3 is 0 Å². The van der Waals surface area contributed by atoms with Crippen molar-refractivity contribution in [2.45, 2.75) is 57.4 Å². The molecule has 0 aromatic rings. The molecule has 2 N–H and O–H groups in total. The van der Waals surface area contributed by atoms with Crippen LogP contribution in [0.3, 0.4) is 0 Å². The monoisotopic (exact) mass is 305 g/mol. The summed E-state index contributed by atoms with van der Waals surface area (Å²) >= 11 is 0. The Hall–Kier alpha value is -0.170. The molecule has 1 aliphatic rings. The highest BCUT2D eigenvalue weighted by atomic mass is 32.2. The molecule has 0 aromatic heterocycles. The van der Waals surface area contributed by atoms with Crippen molar-refractivity contribution >= 4 is 10.0 Å². The van der Waals surface area contributed by atoms with E-state index in [-0.39, 0.29) is 11.3 Å². The average molecular weight is 305 g/mol. The Morgan fingerprint density at radius 2 is 1.80 bits per heavy atom. The van der Waals surface area contributed by atoms with Crippen molar-refractivity contribution in [1.29, 1.82) is 0 Å². The normalized spacial score (nSPS) is 19.6. The van der Waals surface area contributed by atoms with E-state index < -0.39 is 10.0 Å². The molecule has 120 valence electrons. The Morgan fingerprint density at radius 3 is 2.25 bits per heavy atom. The van der Waals surface area contributed by atoms with Crippen molar-refractivity contribution in [2.24, 2.45) is 5.92 Å². The lowest BCUT2D eigenvalue weighted by Crippen LogP contribution is -2.47. The molecule has 5 nitrogen and oxygen atoms in total. The molecule has 1 rings (SSSR count). The molecule has 0 aromatic carbocycles. The summed E-state index contributed by atoms with van der Waals surface area (Å²) in [7, 11) is 0.686. The van der Waals surface area contributed by atoms with Crippen LogP contribution < -0.4 is 10.0 Å². The first-order valence-corrected chi connectivity index (χ1v) is 9.14. The van der Waals surface area contributed by atoms with Gasteiger partial charge in [-0.2, -0.15) is 0 Å². The quantitative estimate of drug-likeness (QED) is 0.633. The molecule has 20 heavy (non-hydrogen) atoms. The number of sulfonamides is 1. The number of rotatable bonds is 10. The van der Waals surface area contributed by atoms with E-state index in [1.165, 1.54) is 12.8 Å². The Kier molecular flexibility index (Phi) is 6.91. The maximum atomic E-state index is 12.4. The minimum Gasteiger partial charge on any atom is -0.313 e. The van der Waals surface area contributed by atoms with Crippen molar-refractivity contribution in [3.05, 3.63) is 0 Å². The second-order valence-corrected chi connectivity index (χ2v) is 8.88. The van der Waals surface area contributed by atoms with Crippen molar-refractivity contribution < 1.29 is 8.42 Å². The smallest absolute Gasteiger partial charge is 0.215 e. The van der Waals surface area contributed by atoms with Crippen LogP contribution in [0.1, 0.15) is 40.0 Å². The van der Waals surface area contributed by atoms with Crippen LogP contribution >= 0.6 is 0 Å². The number of nitrogens with zero attached hydrogens (tertiary/aromatic N) is 1. The molecule has 0 amide bonds. The first-order valence-electron chi connectivity index (χ1n) is 7.60. The van der Waals surface area contributed by atoms with Gasteiger partial charge in [-0.05, 0) is 46.2 Å². The maximum absolute atomic E-state index is 12.4. The van der Waals surface area contributed by atoms with Gasteiger partial charge in [0.25, 0.3) is 0 Å². The van der Waals surface area contributed by atoms with Gasteiger partial charge in [0.1, 0.15) is 0 Å². The summed E-state index contributed by atoms with van der Waals surface area (Å²) in [5, 5.41) is 2.90. The summed E-state index contributed by atoms with van der Waals surface area (Å²) < 4.78 is 27.6. The van der Waals surface area contributed by atoms with Gasteiger partial charge in [-0.25, -0.2) is 13.1 Å². The minimum atomic E-state index is -3.26. The van der Waals surface area contributed by atoms with E-state index in [0.29, 0.717) is 18.5 Å². The molecule has 1 saturated carbocycles. The summed E-state index contributed by atoms with van der Waals surface area (Å²) in [6.07, 6.45) is 3.22. The molecule has 6 heteroatoms. The van der Waals surface area contributed by atoms with Gasteiger partial charge in [0.15, 0.2) is 0 Å². The number of nitrogens with one attached hydrogen (secondary N) is 2. The van der Waals surface area contributed by atoms with Crippen LogP contribution in [0.4, 0.5) is 0 Å². The third-order valence-electron chi connectivity index (χ3n) is 3.47. The third kappa shape index (κ3) is 7.02. The summed E-state index contributed by atoms with van der Waals surface area (Å²) in [4.78, 5) is 2.03. The zero-order valence-electron chi connectivity index (χ0n) is 13.5. The molecule has 0 aliphatic heterocycles. The molecule has 2 atom stereocenters. The highest BCUT2D eigenvalue weighted by Gasteiger charge is 2.28. The second-order valence-electron chi connectivity index (χ2n) is 6.74. The fourth-order valence-corrected chi connectivity index (χ4v) is 3.43. The summed E-state index contributed by atoms with van der Waals surface area (Å²) in [5.41, 5.74) is 0. The first kappa shape index (κ1) is 17.9. The van der Waals surface area contributed by atoms with Gasteiger partial charge < -0.3 is 10.2 Å². The van der Waals surface area contributed by atoms with Crippen LogP contribution in [-0.2, 0) is 10.0 Å². The zero-order valence-corrected chi connectivity index (χ0v) is 14.3. The summed E-state index contributed by atoms with van der Waals surface area (Å²) in [6.45, 7) is 7.29. The molecule has 0 spiro atoms. The lowest BCUT2D eigenvalue weighted by Gasteiger charge is -2.25. The van der Waals surface area contributed by atoms with E-state index in [4.69, 9.17) is 0 Å². The van der Waals surface area contributed by atoms with Crippen LogP contribution in [0, 0.1) is 5.92 Å². The number of hydrogen-bond acceptors (Lipinski definition) is 4. The fraction of sp³-hybridized carbons (Fsp3) is 1.00. The largest absolute Gasteiger partial charge is 0.313 e. The van der Waals surface area contributed by atoms with Crippen LogP contribution in [0.5, 0.6) is 0 Å². The van der Waals surface area contributed by atoms with E-state index in [9.17, 15) is 8.42 Å². The minimum absolute atomic E-state index is 0.0154. The Balaban J connectivity index is 2.53. The summed E-state index contributed by atoms with van der Waals surface area (Å²) in [6, 6.07) is 0.527. The van der Waals surface area contributed by atoms with E-state index in [1.807, 2.05) is 19.0 Å². The van der Waals surface area contributed by atoms with E-state index in [1.54, 1.807) is 6.92 Å². The number of likely N-dealkylation sites (N-methyl/N-ethyl adjacent to an activating group) is 1. The lowest BCUT2D eigenvalue weighted by atomic mass is 10.0. The molecular formula is C14H31N3O2S. The SMILES string of the molecule is CC(C)CC(CN(C)C)NS(=O)(=O)C(C)CNC1CC1. The standard InChI is InChI=1S/C14H31N3O2S/c1-11(2)8-14(10-17(4)5)16-20(18,19)12(3)9-15-13-6-7-13/h11-16H,6-10H2,1-5H3. The third-order valence-corrected chi connectivity index (χ3v) is 5.36. The van der Waals surface area contributed by atoms with Crippen LogP contribution in [0.25, 0.3) is 0 Å². The first-order chi connectivity index (χ1) is 9.20. The van der Waals surface area contributed by atoms with Gasteiger partial charge in [-0.3, -0.25) is 0 Å². The van der Waals surface area contributed by atoms with Crippen LogP contribution in [-0.4, -0.2) is 57.8 Å². The lowest BCUT2D eigenvalue weighted by molar-refractivity contribution is 0.328. The molecule has 1 fully saturated rings. The highest BCUT2D eigenvalue weighted by Crippen LogP contribution is 2.18. The van der Waals surface area contributed by atoms with E-state index in [2.05, 4.69) is 23.9 Å². The predicted octanol–water partition coefficient (Wildman–Crippen LogP) is 1.02. The molecule has 2 unspecified atom stereocenters. The molecule has 0 heterocycles. The van der Waals surface area contributed by atoms with Gasteiger partial charge in [0.2, 0.25) is 10.0 Å². The molecule has 0 bridgehead atoms. The zero-order chi connectivity index (χ0) is 15.3. The van der Waals surface area contributed by atoms with Gasteiger partial charge in [0, 0.05) is 25.2 Å². The van der Waals surface area contributed by atoms with Crippen LogP contribution in [0.2, 0.25) is 0 Å². The maximum Gasteiger partial charge on any atom is 0.215 e. The van der Waals surface area contributed by atoms with Crippen molar-refractivity contribution in [3.63, 3.8) is 0 Å². The van der Waals surface area contributed by atoms with Gasteiger partial charge in [0.05, 0.1) is 5.25 Å². The van der Waals surface area contributed by atoms with E-state index in [0.717, 1.165) is 13.0 Å². The Bertz CT molecular complexity index is 368. The summed E-state index contributed by atoms with van der Waals surface area (Å²) in [5.74, 6) is 0.475. The average Bonchev–Trinajstić information content (AvgIpc) is 3.06. The Morgan fingerprint density at radius 1 is 1.20 bits per heavy atom. The fourth-order valence-electron chi connectivity index (χ4n) is 2.25. The van der Waals surface area contributed by atoms with Gasteiger partial charge in [-0.1, -0.05) is 13.8 Å². The van der Waals surface area contributed by atoms with Crippen molar-refractivity contribution in [1.82, 2.24) is 14.9 Å². The number of hydrogen-bond donors (Lipinski definition) is 2. The van der Waals surface area contributed by atoms with Crippen LogP contribution in [0.15, 0.2) is 0 Å². The Labute approximate surface area is 124 Å². The second kappa shape index (κ2) is 7.73. The topological polar surface area (TPSA) is 61.4 Å². The van der Waals surface area contributed by atoms with E-state index >= 15 is 0 Å². The predicted molar refractivity (Wildman–Crippen MR) is 84.3 cm³/mol. The van der Waals surface area contributed by atoms with Gasteiger partial charge in [-0.15, -0.1) is 0 Å². The molecule has 0 radical (unpaired) electrons. The molecule has 1 aliphatic carbocycles.